The summed E-state index contributed by atoms with van der Waals surface area (Å²) in [6.07, 6.45) is 0. The van der Waals surface area contributed by atoms with Crippen molar-refractivity contribution in [1.82, 2.24) is 9.80 Å². The monoisotopic (exact) mass is 343 g/mol. The van der Waals surface area contributed by atoms with Gasteiger partial charge in [-0.3, -0.25) is 9.69 Å². The molecule has 2 rings (SSSR count). The number of aliphatic hydroxyl groups is 1. The van der Waals surface area contributed by atoms with Gasteiger partial charge in [-0.2, -0.15) is 0 Å². The molecule has 1 unspecified atom stereocenters. The van der Waals surface area contributed by atoms with E-state index in [1.54, 1.807) is 18.7 Å². The largest absolute Gasteiger partial charge is 0.396 e. The maximum atomic E-state index is 13.7. The third-order valence-electron chi connectivity index (χ3n) is 3.97. The fraction of sp³-hybridized carbons (Fsp3) is 0.562. The summed E-state index contributed by atoms with van der Waals surface area (Å²) in [5.74, 6) is -1.01. The number of hydrogen-bond donors (Lipinski definition) is 2. The Morgan fingerprint density at radius 3 is 2.70 bits per heavy atom. The van der Waals surface area contributed by atoms with Crippen LogP contribution in [0.15, 0.2) is 12.1 Å². The summed E-state index contributed by atoms with van der Waals surface area (Å²) in [6.45, 7) is 7.66. The zero-order valence-corrected chi connectivity index (χ0v) is 14.4. The fourth-order valence-electron chi connectivity index (χ4n) is 2.84. The Bertz CT molecular complexity index is 604. The Balaban J connectivity index is 2.12. The van der Waals surface area contributed by atoms with Crippen molar-refractivity contribution in [2.75, 3.05) is 31.9 Å². The van der Waals surface area contributed by atoms with Crippen LogP contribution >= 0.6 is 11.6 Å². The SMILES string of the molecule is CC1CN(C(=O)c2cc(Cl)cc(F)c2N)CCN1CC(C)(C)O. The molecule has 0 spiro atoms. The van der Waals surface area contributed by atoms with Crippen LogP contribution < -0.4 is 5.73 Å². The maximum absolute atomic E-state index is 13.7. The van der Waals surface area contributed by atoms with Gasteiger partial charge in [-0.25, -0.2) is 4.39 Å². The first-order valence-electron chi connectivity index (χ1n) is 7.58. The molecule has 1 aliphatic heterocycles. The van der Waals surface area contributed by atoms with Gasteiger partial charge < -0.3 is 15.7 Å². The molecule has 23 heavy (non-hydrogen) atoms. The molecular weight excluding hydrogens is 321 g/mol. The lowest BCUT2D eigenvalue weighted by atomic mass is 10.1. The molecular formula is C16H23ClFN3O2. The van der Waals surface area contributed by atoms with Gasteiger partial charge in [-0.1, -0.05) is 11.6 Å². The van der Waals surface area contributed by atoms with Crippen LogP contribution in [0.3, 0.4) is 0 Å². The van der Waals surface area contributed by atoms with E-state index in [4.69, 9.17) is 17.3 Å². The molecule has 1 aliphatic rings. The van der Waals surface area contributed by atoms with E-state index < -0.39 is 11.4 Å². The first-order valence-corrected chi connectivity index (χ1v) is 7.96. The highest BCUT2D eigenvalue weighted by atomic mass is 35.5. The van der Waals surface area contributed by atoms with Gasteiger partial charge in [0.25, 0.3) is 5.91 Å². The lowest BCUT2D eigenvalue weighted by Gasteiger charge is -2.42. The number of carbonyl (C=O) groups excluding carboxylic acids is 1. The zero-order chi connectivity index (χ0) is 17.4. The van der Waals surface area contributed by atoms with Gasteiger partial charge in [0.15, 0.2) is 0 Å². The fourth-order valence-corrected chi connectivity index (χ4v) is 3.05. The maximum Gasteiger partial charge on any atom is 0.256 e. The second kappa shape index (κ2) is 6.63. The van der Waals surface area contributed by atoms with Crippen molar-refractivity contribution < 1.29 is 14.3 Å². The highest BCUT2D eigenvalue weighted by Gasteiger charge is 2.31. The first kappa shape index (κ1) is 18.0. The number of benzene rings is 1. The van der Waals surface area contributed by atoms with Crippen LogP contribution in [0.2, 0.25) is 5.02 Å². The van der Waals surface area contributed by atoms with Crippen LogP contribution in [0, 0.1) is 5.82 Å². The molecule has 1 fully saturated rings. The second-order valence-electron chi connectivity index (χ2n) is 6.73. The molecule has 1 amide bonds. The number of nitrogens with two attached hydrogens (primary N) is 1. The first-order chi connectivity index (χ1) is 10.6. The van der Waals surface area contributed by atoms with E-state index in [0.29, 0.717) is 26.2 Å². The number of anilines is 1. The van der Waals surface area contributed by atoms with Crippen molar-refractivity contribution in [2.24, 2.45) is 0 Å². The molecule has 1 aromatic carbocycles. The second-order valence-corrected chi connectivity index (χ2v) is 7.17. The van der Waals surface area contributed by atoms with E-state index in [2.05, 4.69) is 4.90 Å². The normalized spacial score (nSPS) is 19.9. The summed E-state index contributed by atoms with van der Waals surface area (Å²) >= 11 is 5.83. The number of carbonyl (C=O) groups is 1. The van der Waals surface area contributed by atoms with Crippen molar-refractivity contribution in [3.63, 3.8) is 0 Å². The molecule has 128 valence electrons. The van der Waals surface area contributed by atoms with Crippen LogP contribution in [-0.2, 0) is 0 Å². The molecule has 0 saturated carbocycles. The van der Waals surface area contributed by atoms with Crippen LogP contribution in [0.5, 0.6) is 0 Å². The average Bonchev–Trinajstić information content (AvgIpc) is 2.43. The van der Waals surface area contributed by atoms with Crippen LogP contribution in [0.25, 0.3) is 0 Å². The number of hydrogen-bond acceptors (Lipinski definition) is 4. The number of piperazine rings is 1. The molecule has 1 saturated heterocycles. The summed E-state index contributed by atoms with van der Waals surface area (Å²) in [5, 5.41) is 10.1. The van der Waals surface area contributed by atoms with Crippen molar-refractivity contribution >= 4 is 23.2 Å². The molecule has 7 heteroatoms. The average molecular weight is 344 g/mol. The zero-order valence-electron chi connectivity index (χ0n) is 13.6. The number of halogens is 2. The van der Waals surface area contributed by atoms with Gasteiger partial charge in [-0.05, 0) is 32.9 Å². The summed E-state index contributed by atoms with van der Waals surface area (Å²) in [6, 6.07) is 2.58. The van der Waals surface area contributed by atoms with Crippen LogP contribution in [0.1, 0.15) is 31.1 Å². The third-order valence-corrected chi connectivity index (χ3v) is 4.19. The van der Waals surface area contributed by atoms with Gasteiger partial charge in [0, 0.05) is 37.2 Å². The predicted octanol–water partition coefficient (Wildman–Crippen LogP) is 1.98. The molecule has 1 atom stereocenters. The third kappa shape index (κ3) is 4.34. The Morgan fingerprint density at radius 2 is 2.13 bits per heavy atom. The quantitative estimate of drug-likeness (QED) is 0.823. The molecule has 0 bridgehead atoms. The van der Waals surface area contributed by atoms with Gasteiger partial charge >= 0.3 is 0 Å². The van der Waals surface area contributed by atoms with E-state index in [9.17, 15) is 14.3 Å². The summed E-state index contributed by atoms with van der Waals surface area (Å²) in [4.78, 5) is 16.4. The van der Waals surface area contributed by atoms with Gasteiger partial charge in [0.2, 0.25) is 0 Å². The van der Waals surface area contributed by atoms with Gasteiger partial charge in [0.1, 0.15) is 5.82 Å². The summed E-state index contributed by atoms with van der Waals surface area (Å²) in [7, 11) is 0. The van der Waals surface area contributed by atoms with E-state index in [-0.39, 0.29) is 28.2 Å². The van der Waals surface area contributed by atoms with Crippen molar-refractivity contribution in [3.05, 3.63) is 28.5 Å². The number of rotatable bonds is 3. The van der Waals surface area contributed by atoms with Crippen LogP contribution in [0.4, 0.5) is 10.1 Å². The molecule has 0 radical (unpaired) electrons. The molecule has 3 N–H and O–H groups in total. The van der Waals surface area contributed by atoms with E-state index in [1.807, 2.05) is 6.92 Å². The van der Waals surface area contributed by atoms with E-state index >= 15 is 0 Å². The minimum absolute atomic E-state index is 0.0874. The number of nitrogen functional groups attached to an aromatic ring is 1. The van der Waals surface area contributed by atoms with Crippen molar-refractivity contribution in [2.45, 2.75) is 32.4 Å². The Kier molecular flexibility index (Phi) is 5.18. The molecule has 5 nitrogen and oxygen atoms in total. The van der Waals surface area contributed by atoms with Crippen LogP contribution in [-0.4, -0.2) is 58.6 Å². The van der Waals surface area contributed by atoms with Gasteiger partial charge in [0.05, 0.1) is 16.9 Å². The Labute approximate surface area is 140 Å². The minimum atomic E-state index is -0.791. The van der Waals surface area contributed by atoms with Gasteiger partial charge in [-0.15, -0.1) is 0 Å². The number of amides is 1. The summed E-state index contributed by atoms with van der Waals surface area (Å²) in [5.41, 5.74) is 4.81. The Morgan fingerprint density at radius 1 is 1.48 bits per heavy atom. The minimum Gasteiger partial charge on any atom is -0.396 e. The highest BCUT2D eigenvalue weighted by molar-refractivity contribution is 6.31. The van der Waals surface area contributed by atoms with E-state index in [0.717, 1.165) is 6.07 Å². The molecule has 0 aliphatic carbocycles. The topological polar surface area (TPSA) is 69.8 Å². The number of β-amino-alcohol motifs (C(OH)–C–C–N with tert-alkyl or cyclic N) is 1. The van der Waals surface area contributed by atoms with Crippen molar-refractivity contribution in [3.8, 4) is 0 Å². The summed E-state index contributed by atoms with van der Waals surface area (Å²) < 4.78 is 13.7. The smallest absolute Gasteiger partial charge is 0.256 e. The highest BCUT2D eigenvalue weighted by Crippen LogP contribution is 2.24. The lowest BCUT2D eigenvalue weighted by molar-refractivity contribution is -0.00142. The molecule has 0 aromatic heterocycles. The molecule has 1 aromatic rings. The lowest BCUT2D eigenvalue weighted by Crippen LogP contribution is -2.56. The molecule has 1 heterocycles. The standard InChI is InChI=1S/C16H23ClFN3O2/c1-10-8-20(4-5-21(10)9-16(2,3)23)15(22)12-6-11(17)7-13(18)14(12)19/h6-7,10,23H,4-5,8-9,19H2,1-3H3. The Hall–Kier alpha value is -1.37. The predicted molar refractivity (Wildman–Crippen MR) is 89.1 cm³/mol. The van der Waals surface area contributed by atoms with E-state index in [1.165, 1.54) is 6.07 Å². The van der Waals surface area contributed by atoms with Crippen molar-refractivity contribution in [1.29, 1.82) is 0 Å². The number of nitrogens with zero attached hydrogens (tertiary/aromatic N) is 2.